The van der Waals surface area contributed by atoms with Gasteiger partial charge in [-0.2, -0.15) is 4.20 Å². The molecule has 0 radical (unpaired) electrons. The van der Waals surface area contributed by atoms with E-state index in [2.05, 4.69) is 18.1 Å². The Kier molecular flexibility index (Phi) is 4.18. The maximum atomic E-state index is 14.3. The number of rotatable bonds is 3. The molecule has 1 aliphatic heterocycles. The molecule has 0 saturated heterocycles. The first-order chi connectivity index (χ1) is 9.15. The van der Waals surface area contributed by atoms with Crippen LogP contribution in [-0.4, -0.2) is 7.11 Å². The molecule has 1 aromatic rings. The molecule has 0 aliphatic carbocycles. The first-order valence-corrected chi connectivity index (χ1v) is 9.66. The van der Waals surface area contributed by atoms with Gasteiger partial charge in [0.15, 0.2) is 0 Å². The van der Waals surface area contributed by atoms with Crippen molar-refractivity contribution in [3.8, 4) is 5.75 Å². The molecule has 0 fully saturated rings. The van der Waals surface area contributed by atoms with Crippen molar-refractivity contribution in [2.45, 2.75) is 6.92 Å². The smallest absolute Gasteiger partial charge is 0.419 e. The van der Waals surface area contributed by atoms with Crippen LogP contribution < -0.4 is 4.52 Å². The summed E-state index contributed by atoms with van der Waals surface area (Å²) in [6, 6.07) is 5.87. The molecule has 2 unspecified atom stereocenters. The zero-order chi connectivity index (χ0) is 15.0. The monoisotopic (exact) mass is 349 g/mol. The molecule has 1 aromatic carbocycles. The third kappa shape index (κ3) is 3.73. The summed E-state index contributed by atoms with van der Waals surface area (Å²) in [5.41, 5.74) is 0.859. The molecule has 1 heterocycles. The van der Waals surface area contributed by atoms with Gasteiger partial charge in [0.05, 0.1) is 0 Å². The minimum atomic E-state index is -5.49. The minimum Gasteiger partial charge on any atom is -0.419 e. The van der Waals surface area contributed by atoms with Crippen LogP contribution in [0.2, 0.25) is 0 Å². The van der Waals surface area contributed by atoms with Crippen LogP contribution in [-0.2, 0) is 4.52 Å². The van der Waals surface area contributed by atoms with Crippen LogP contribution in [0.4, 0.5) is 16.8 Å². The number of benzene rings is 1. The number of hydrogen-bond donors (Lipinski definition) is 0. The van der Waals surface area contributed by atoms with Crippen LogP contribution in [0.1, 0.15) is 5.56 Å². The third-order valence-corrected chi connectivity index (χ3v) is 8.29. The first kappa shape index (κ1) is 15.8. The average molecular weight is 349 g/mol. The van der Waals surface area contributed by atoms with Crippen LogP contribution >= 0.6 is 23.3 Å². The van der Waals surface area contributed by atoms with Crippen molar-refractivity contribution in [2.75, 3.05) is 7.11 Å². The van der Waals surface area contributed by atoms with Gasteiger partial charge < -0.3 is 9.05 Å². The molecule has 0 amide bonds. The summed E-state index contributed by atoms with van der Waals surface area (Å²) in [5.74, 6) is -0.0662. The van der Waals surface area contributed by atoms with E-state index in [9.17, 15) is 16.8 Å². The topological polar surface area (TPSA) is 55.5 Å². The van der Waals surface area contributed by atoms with Crippen molar-refractivity contribution in [2.24, 2.45) is 13.5 Å². The summed E-state index contributed by atoms with van der Waals surface area (Å²) in [6.45, 7) is 1.78. The Morgan fingerprint density at radius 1 is 0.900 bits per heavy atom. The first-order valence-electron chi connectivity index (χ1n) is 5.18. The highest BCUT2D eigenvalue weighted by atomic mass is 31.3. The third-order valence-electron chi connectivity index (χ3n) is 2.13. The van der Waals surface area contributed by atoms with Crippen LogP contribution in [0.3, 0.4) is 0 Å². The van der Waals surface area contributed by atoms with Gasteiger partial charge in [0.2, 0.25) is 0 Å². The van der Waals surface area contributed by atoms with Gasteiger partial charge in [-0.25, -0.2) is 0 Å². The van der Waals surface area contributed by atoms with Gasteiger partial charge in [0.25, 0.3) is 0 Å². The molecule has 0 N–H and O–H groups in total. The van der Waals surface area contributed by atoms with E-state index in [0.29, 0.717) is 0 Å². The fraction of sp³-hybridized carbons (Fsp3) is 0.250. The lowest BCUT2D eigenvalue weighted by molar-refractivity contribution is 0.419. The summed E-state index contributed by atoms with van der Waals surface area (Å²) < 4.78 is 71.6. The average Bonchev–Trinajstić information content (AvgIpc) is 2.29. The van der Waals surface area contributed by atoms with Crippen molar-refractivity contribution in [1.82, 2.24) is 0 Å². The van der Waals surface area contributed by atoms with Gasteiger partial charge in [-0.1, -0.05) is 17.7 Å². The van der Waals surface area contributed by atoms with E-state index in [-0.39, 0.29) is 5.75 Å². The van der Waals surface area contributed by atoms with E-state index < -0.39 is 23.3 Å². The number of aryl methyl sites for hydroxylation is 1. The van der Waals surface area contributed by atoms with Crippen molar-refractivity contribution in [3.05, 3.63) is 29.8 Å². The molecule has 2 atom stereocenters. The summed E-state index contributed by atoms with van der Waals surface area (Å²) in [6.07, 6.45) is 0. The quantitative estimate of drug-likeness (QED) is 0.448. The second-order valence-corrected chi connectivity index (χ2v) is 9.25. The summed E-state index contributed by atoms with van der Waals surface area (Å²) in [5, 5.41) is 0. The molecule has 0 bridgehead atoms. The largest absolute Gasteiger partial charge is 0.441 e. The Hall–Kier alpha value is -0.610. The second-order valence-electron chi connectivity index (χ2n) is 3.76. The van der Waals surface area contributed by atoms with Crippen molar-refractivity contribution < 1.29 is 25.8 Å². The molecule has 1 aliphatic rings. The highest BCUT2D eigenvalue weighted by molar-refractivity contribution is 7.77. The number of halogens is 4. The van der Waals surface area contributed by atoms with E-state index in [0.717, 1.165) is 12.7 Å². The fourth-order valence-corrected chi connectivity index (χ4v) is 7.17. The van der Waals surface area contributed by atoms with Crippen LogP contribution in [0.15, 0.2) is 37.8 Å². The van der Waals surface area contributed by atoms with Gasteiger partial charge in [0, 0.05) is 7.11 Å². The second kappa shape index (κ2) is 5.30. The highest BCUT2D eigenvalue weighted by Crippen LogP contribution is 2.81. The van der Waals surface area contributed by atoms with E-state index in [1.165, 1.54) is 12.1 Å². The van der Waals surface area contributed by atoms with Crippen molar-refractivity contribution in [3.63, 3.8) is 0 Å². The van der Waals surface area contributed by atoms with Crippen LogP contribution in [0.5, 0.6) is 5.75 Å². The van der Waals surface area contributed by atoms with E-state index in [4.69, 9.17) is 4.52 Å². The van der Waals surface area contributed by atoms with E-state index in [1.807, 2.05) is 0 Å². The lowest BCUT2D eigenvalue weighted by atomic mass is 10.2. The Balaban J connectivity index is 2.47. The molecular weight excluding hydrogens is 339 g/mol. The normalized spacial score (nSPS) is 31.7. The molecule has 5 nitrogen and oxygen atoms in total. The maximum absolute atomic E-state index is 14.3. The predicted octanol–water partition coefficient (Wildman–Crippen LogP) is 6.75. The van der Waals surface area contributed by atoms with Gasteiger partial charge in [-0.3, -0.25) is 0 Å². The molecule has 2 rings (SSSR count). The molecule has 12 heteroatoms. The predicted molar refractivity (Wildman–Crippen MR) is 71.3 cm³/mol. The van der Waals surface area contributed by atoms with Gasteiger partial charge in [-0.15, -0.1) is 26.1 Å². The van der Waals surface area contributed by atoms with Crippen molar-refractivity contribution in [1.29, 1.82) is 0 Å². The Labute approximate surface area is 113 Å². The Morgan fingerprint density at radius 3 is 2.05 bits per heavy atom. The standard InChI is InChI=1S/C8H10F4N3O2P3/c1-7-3-5-8(6-4-7)17-20(12)14-18(9,10)13-19(11,15-20)16-2/h3-6H,1-2H3. The molecule has 112 valence electrons. The van der Waals surface area contributed by atoms with Crippen LogP contribution in [0, 0.1) is 6.92 Å². The molecule has 0 saturated carbocycles. The summed E-state index contributed by atoms with van der Waals surface area (Å²) in [4.78, 5) is 0. The molecule has 0 aromatic heterocycles. The summed E-state index contributed by atoms with van der Waals surface area (Å²) in [7, 11) is -14.3. The lowest BCUT2D eigenvalue weighted by Gasteiger charge is -2.19. The van der Waals surface area contributed by atoms with Crippen LogP contribution in [0.25, 0.3) is 0 Å². The van der Waals surface area contributed by atoms with Gasteiger partial charge in [0.1, 0.15) is 5.75 Å². The Morgan fingerprint density at radius 2 is 1.50 bits per heavy atom. The van der Waals surface area contributed by atoms with Crippen molar-refractivity contribution >= 4 is 23.3 Å². The zero-order valence-electron chi connectivity index (χ0n) is 10.3. The zero-order valence-corrected chi connectivity index (χ0v) is 13.0. The molecular formula is C8H10F4N3O2P3. The minimum absolute atomic E-state index is 0.0662. The van der Waals surface area contributed by atoms with E-state index in [1.54, 1.807) is 19.1 Å². The summed E-state index contributed by atoms with van der Waals surface area (Å²) >= 11 is 0. The molecule has 0 spiro atoms. The SMILES string of the molecule is COP1(F)=NP(F)(Oc2ccc(C)cc2)=NP(F)(F)=N1. The maximum Gasteiger partial charge on any atom is 0.441 e. The Bertz CT molecular complexity index is 685. The van der Waals surface area contributed by atoms with E-state index >= 15 is 0 Å². The van der Waals surface area contributed by atoms with Gasteiger partial charge in [-0.05, 0) is 19.1 Å². The lowest BCUT2D eigenvalue weighted by Crippen LogP contribution is -1.89. The fourth-order valence-electron chi connectivity index (χ4n) is 1.30. The van der Waals surface area contributed by atoms with Gasteiger partial charge >= 0.3 is 23.3 Å². The highest BCUT2D eigenvalue weighted by Gasteiger charge is 2.41. The molecule has 20 heavy (non-hydrogen) atoms. The number of nitrogens with zero attached hydrogens (tertiary/aromatic N) is 3. The number of hydrogen-bond acceptors (Lipinski definition) is 5.